The number of benzene rings is 2. The summed E-state index contributed by atoms with van der Waals surface area (Å²) in [5.41, 5.74) is 1.81. The fourth-order valence-corrected chi connectivity index (χ4v) is 3.19. The van der Waals surface area contributed by atoms with E-state index in [0.29, 0.717) is 32.7 Å². The zero-order chi connectivity index (χ0) is 18.4. The van der Waals surface area contributed by atoms with Crippen LogP contribution >= 0.6 is 0 Å². The molecule has 3 rings (SSSR count). The van der Waals surface area contributed by atoms with Crippen LogP contribution in [-0.4, -0.2) is 54.3 Å². The van der Waals surface area contributed by atoms with Gasteiger partial charge in [-0.3, -0.25) is 14.5 Å². The number of carbonyl (C=O) groups is 2. The largest absolute Gasteiger partial charge is 0.348 e. The summed E-state index contributed by atoms with van der Waals surface area (Å²) in [5.74, 6) is 0.0802. The maximum absolute atomic E-state index is 12.5. The van der Waals surface area contributed by atoms with Crippen LogP contribution in [0.3, 0.4) is 0 Å². The van der Waals surface area contributed by atoms with Crippen molar-refractivity contribution in [2.75, 3.05) is 32.7 Å². The van der Waals surface area contributed by atoms with E-state index in [0.717, 1.165) is 11.1 Å². The molecule has 1 aliphatic rings. The van der Waals surface area contributed by atoms with Crippen molar-refractivity contribution < 1.29 is 9.59 Å². The molecule has 1 unspecified atom stereocenters. The molecule has 136 valence electrons. The van der Waals surface area contributed by atoms with Gasteiger partial charge in [-0.1, -0.05) is 48.5 Å². The molecule has 0 radical (unpaired) electrons. The highest BCUT2D eigenvalue weighted by atomic mass is 16.2. The van der Waals surface area contributed by atoms with Crippen LogP contribution in [0, 0.1) is 0 Å². The standard InChI is InChI=1S/C21H25N3O2/c1-17(18-8-4-2-5-9-18)22-20(25)16-23-12-14-24(15-13-23)21(26)19-10-6-3-7-11-19/h2-11,17H,12-16H2,1H3,(H,22,25). The maximum Gasteiger partial charge on any atom is 0.253 e. The summed E-state index contributed by atoms with van der Waals surface area (Å²) in [6, 6.07) is 19.3. The minimum atomic E-state index is -0.00959. The molecule has 0 bridgehead atoms. The SMILES string of the molecule is CC(NC(=O)CN1CCN(C(=O)c2ccccc2)CC1)c1ccccc1. The van der Waals surface area contributed by atoms with Crippen LogP contribution in [-0.2, 0) is 4.79 Å². The predicted molar refractivity (Wildman–Crippen MR) is 102 cm³/mol. The number of hydrogen-bond donors (Lipinski definition) is 1. The van der Waals surface area contributed by atoms with Crippen molar-refractivity contribution in [3.05, 3.63) is 71.8 Å². The summed E-state index contributed by atoms with van der Waals surface area (Å²) in [5, 5.41) is 3.04. The first-order valence-corrected chi connectivity index (χ1v) is 9.04. The first-order valence-electron chi connectivity index (χ1n) is 9.04. The van der Waals surface area contributed by atoms with Crippen molar-refractivity contribution in [1.29, 1.82) is 0 Å². The number of piperazine rings is 1. The second kappa shape index (κ2) is 8.63. The van der Waals surface area contributed by atoms with E-state index in [2.05, 4.69) is 10.2 Å². The van der Waals surface area contributed by atoms with Gasteiger partial charge in [0.2, 0.25) is 5.91 Å². The molecule has 26 heavy (non-hydrogen) atoms. The molecule has 0 aromatic heterocycles. The third-order valence-corrected chi connectivity index (χ3v) is 4.72. The number of rotatable bonds is 5. The average Bonchev–Trinajstić information content (AvgIpc) is 2.69. The number of amides is 2. The van der Waals surface area contributed by atoms with E-state index < -0.39 is 0 Å². The molecule has 1 fully saturated rings. The zero-order valence-corrected chi connectivity index (χ0v) is 15.1. The Morgan fingerprint density at radius 3 is 2.12 bits per heavy atom. The fraction of sp³-hybridized carbons (Fsp3) is 0.333. The third-order valence-electron chi connectivity index (χ3n) is 4.72. The number of hydrogen-bond acceptors (Lipinski definition) is 3. The fourth-order valence-electron chi connectivity index (χ4n) is 3.19. The summed E-state index contributed by atoms with van der Waals surface area (Å²) < 4.78 is 0. The summed E-state index contributed by atoms with van der Waals surface area (Å²) >= 11 is 0. The Morgan fingerprint density at radius 1 is 0.923 bits per heavy atom. The zero-order valence-electron chi connectivity index (χ0n) is 15.1. The van der Waals surface area contributed by atoms with Crippen molar-refractivity contribution >= 4 is 11.8 Å². The Bertz CT molecular complexity index is 725. The highest BCUT2D eigenvalue weighted by molar-refractivity contribution is 5.94. The van der Waals surface area contributed by atoms with Gasteiger partial charge in [-0.2, -0.15) is 0 Å². The molecule has 1 atom stereocenters. The lowest BCUT2D eigenvalue weighted by molar-refractivity contribution is -0.123. The number of nitrogens with one attached hydrogen (secondary N) is 1. The minimum absolute atomic E-state index is 0.00959. The average molecular weight is 351 g/mol. The molecule has 5 nitrogen and oxygen atoms in total. The molecule has 1 heterocycles. The summed E-state index contributed by atoms with van der Waals surface area (Å²) in [7, 11) is 0. The third kappa shape index (κ3) is 4.70. The summed E-state index contributed by atoms with van der Waals surface area (Å²) in [6.45, 7) is 5.08. The van der Waals surface area contributed by atoms with Crippen LogP contribution in [0.2, 0.25) is 0 Å². The molecule has 2 aromatic rings. The molecular formula is C21H25N3O2. The lowest BCUT2D eigenvalue weighted by Crippen LogP contribution is -2.51. The van der Waals surface area contributed by atoms with E-state index in [1.165, 1.54) is 0 Å². The van der Waals surface area contributed by atoms with Crippen molar-refractivity contribution in [2.24, 2.45) is 0 Å². The molecule has 0 spiro atoms. The molecule has 0 saturated carbocycles. The molecule has 1 saturated heterocycles. The molecule has 1 N–H and O–H groups in total. The van der Waals surface area contributed by atoms with E-state index in [1.54, 1.807) is 0 Å². The van der Waals surface area contributed by atoms with Gasteiger partial charge in [-0.15, -0.1) is 0 Å². The Morgan fingerprint density at radius 2 is 1.50 bits per heavy atom. The van der Waals surface area contributed by atoms with Crippen LogP contribution in [0.5, 0.6) is 0 Å². The predicted octanol–water partition coefficient (Wildman–Crippen LogP) is 2.32. The number of nitrogens with zero attached hydrogens (tertiary/aromatic N) is 2. The smallest absolute Gasteiger partial charge is 0.253 e. The summed E-state index contributed by atoms with van der Waals surface area (Å²) in [6.07, 6.45) is 0. The topological polar surface area (TPSA) is 52.7 Å². The Hall–Kier alpha value is -2.66. The normalized spacial score (nSPS) is 16.1. The lowest BCUT2D eigenvalue weighted by Gasteiger charge is -2.34. The highest BCUT2D eigenvalue weighted by Gasteiger charge is 2.23. The van der Waals surface area contributed by atoms with Gasteiger partial charge in [0.15, 0.2) is 0 Å². The molecular weight excluding hydrogens is 326 g/mol. The van der Waals surface area contributed by atoms with Gasteiger partial charge < -0.3 is 10.2 Å². The quantitative estimate of drug-likeness (QED) is 0.899. The first kappa shape index (κ1) is 18.1. The Balaban J connectivity index is 1.45. The highest BCUT2D eigenvalue weighted by Crippen LogP contribution is 2.12. The summed E-state index contributed by atoms with van der Waals surface area (Å²) in [4.78, 5) is 28.7. The van der Waals surface area contributed by atoms with E-state index in [4.69, 9.17) is 0 Å². The van der Waals surface area contributed by atoms with Gasteiger partial charge in [0.1, 0.15) is 0 Å². The Labute approximate surface area is 154 Å². The molecule has 0 aliphatic carbocycles. The van der Waals surface area contributed by atoms with Crippen LogP contribution in [0.15, 0.2) is 60.7 Å². The van der Waals surface area contributed by atoms with Gasteiger partial charge in [-0.25, -0.2) is 0 Å². The van der Waals surface area contributed by atoms with Gasteiger partial charge in [0.05, 0.1) is 12.6 Å². The van der Waals surface area contributed by atoms with Crippen LogP contribution < -0.4 is 5.32 Å². The first-order chi connectivity index (χ1) is 12.6. The van der Waals surface area contributed by atoms with Crippen molar-refractivity contribution in [2.45, 2.75) is 13.0 Å². The van der Waals surface area contributed by atoms with Crippen molar-refractivity contribution in [3.8, 4) is 0 Å². The van der Waals surface area contributed by atoms with Gasteiger partial charge in [-0.05, 0) is 24.6 Å². The minimum Gasteiger partial charge on any atom is -0.348 e. The molecule has 5 heteroatoms. The second-order valence-corrected chi connectivity index (χ2v) is 6.63. The van der Waals surface area contributed by atoms with Crippen LogP contribution in [0.4, 0.5) is 0 Å². The Kier molecular flexibility index (Phi) is 6.02. The van der Waals surface area contributed by atoms with E-state index in [1.807, 2.05) is 72.5 Å². The number of carbonyl (C=O) groups excluding carboxylic acids is 2. The van der Waals surface area contributed by atoms with Crippen molar-refractivity contribution in [1.82, 2.24) is 15.1 Å². The van der Waals surface area contributed by atoms with Gasteiger partial charge >= 0.3 is 0 Å². The molecule has 1 aliphatic heterocycles. The monoisotopic (exact) mass is 351 g/mol. The van der Waals surface area contributed by atoms with Gasteiger partial charge in [0, 0.05) is 31.7 Å². The van der Waals surface area contributed by atoms with Crippen LogP contribution in [0.25, 0.3) is 0 Å². The maximum atomic E-state index is 12.5. The molecule has 2 amide bonds. The molecule has 2 aromatic carbocycles. The van der Waals surface area contributed by atoms with E-state index >= 15 is 0 Å². The van der Waals surface area contributed by atoms with E-state index in [-0.39, 0.29) is 17.9 Å². The van der Waals surface area contributed by atoms with Gasteiger partial charge in [0.25, 0.3) is 5.91 Å². The van der Waals surface area contributed by atoms with Crippen molar-refractivity contribution in [3.63, 3.8) is 0 Å². The lowest BCUT2D eigenvalue weighted by atomic mass is 10.1. The second-order valence-electron chi connectivity index (χ2n) is 6.63. The van der Waals surface area contributed by atoms with E-state index in [9.17, 15) is 9.59 Å². The van der Waals surface area contributed by atoms with Crippen LogP contribution in [0.1, 0.15) is 28.9 Å².